The molecule has 1 aromatic carbocycles. The van der Waals surface area contributed by atoms with Crippen LogP contribution in [0, 0.1) is 0 Å². The first-order chi connectivity index (χ1) is 9.36. The van der Waals surface area contributed by atoms with Gasteiger partial charge < -0.3 is 11.1 Å². The highest BCUT2D eigenvalue weighted by Crippen LogP contribution is 2.20. The maximum absolute atomic E-state index is 11.3. The Labute approximate surface area is 122 Å². The van der Waals surface area contributed by atoms with Gasteiger partial charge in [0.15, 0.2) is 9.84 Å². The molecule has 2 aromatic rings. The third-order valence-electron chi connectivity index (χ3n) is 2.70. The number of pyridine rings is 1. The third-order valence-corrected chi connectivity index (χ3v) is 4.03. The first-order valence-electron chi connectivity index (χ1n) is 5.80. The van der Waals surface area contributed by atoms with Gasteiger partial charge in [-0.1, -0.05) is 23.7 Å². The molecule has 5 nitrogen and oxygen atoms in total. The Hall–Kier alpha value is -1.79. The third kappa shape index (κ3) is 3.61. The monoisotopic (exact) mass is 311 g/mol. The van der Waals surface area contributed by atoms with Crippen LogP contribution in [-0.4, -0.2) is 19.7 Å². The van der Waals surface area contributed by atoms with Gasteiger partial charge >= 0.3 is 0 Å². The van der Waals surface area contributed by atoms with E-state index in [9.17, 15) is 8.42 Å². The first kappa shape index (κ1) is 14.6. The zero-order chi connectivity index (χ0) is 14.8. The molecule has 20 heavy (non-hydrogen) atoms. The van der Waals surface area contributed by atoms with Gasteiger partial charge in [0, 0.05) is 19.0 Å². The molecule has 0 saturated carbocycles. The van der Waals surface area contributed by atoms with Crippen LogP contribution in [0.5, 0.6) is 0 Å². The van der Waals surface area contributed by atoms with Crippen LogP contribution in [0.4, 0.5) is 11.5 Å². The normalized spacial score (nSPS) is 11.3. The lowest BCUT2D eigenvalue weighted by Crippen LogP contribution is -2.05. The Balaban J connectivity index is 2.08. The number of nitrogens with one attached hydrogen (secondary N) is 1. The van der Waals surface area contributed by atoms with Crippen molar-refractivity contribution < 1.29 is 8.42 Å². The number of nitrogens with two attached hydrogens (primary N) is 1. The van der Waals surface area contributed by atoms with Crippen LogP contribution in [-0.2, 0) is 16.4 Å². The number of nitrogen functional groups attached to an aromatic ring is 1. The second-order valence-electron chi connectivity index (χ2n) is 4.36. The van der Waals surface area contributed by atoms with E-state index in [0.29, 0.717) is 28.0 Å². The molecule has 0 unspecified atom stereocenters. The van der Waals surface area contributed by atoms with E-state index in [4.69, 9.17) is 17.3 Å². The molecule has 0 aliphatic rings. The van der Waals surface area contributed by atoms with E-state index < -0.39 is 9.84 Å². The summed E-state index contributed by atoms with van der Waals surface area (Å²) >= 11 is 5.77. The molecule has 0 bridgehead atoms. The fourth-order valence-electron chi connectivity index (χ4n) is 1.64. The molecule has 0 saturated heterocycles. The van der Waals surface area contributed by atoms with E-state index in [-0.39, 0.29) is 0 Å². The van der Waals surface area contributed by atoms with Gasteiger partial charge in [-0.15, -0.1) is 0 Å². The Morgan fingerprint density at radius 1 is 1.30 bits per heavy atom. The van der Waals surface area contributed by atoms with E-state index in [1.54, 1.807) is 30.3 Å². The van der Waals surface area contributed by atoms with E-state index >= 15 is 0 Å². The molecule has 0 amide bonds. The van der Waals surface area contributed by atoms with Crippen molar-refractivity contribution in [1.82, 2.24) is 4.98 Å². The Morgan fingerprint density at radius 2 is 1.95 bits per heavy atom. The van der Waals surface area contributed by atoms with Crippen LogP contribution in [0.15, 0.2) is 41.4 Å². The number of anilines is 2. The molecule has 0 aliphatic carbocycles. The van der Waals surface area contributed by atoms with Crippen LogP contribution in [0.3, 0.4) is 0 Å². The predicted octanol–water partition coefficient (Wildman–Crippen LogP) is 2.33. The summed E-state index contributed by atoms with van der Waals surface area (Å²) in [6.07, 6.45) is 2.69. The molecule has 3 N–H and O–H groups in total. The summed E-state index contributed by atoms with van der Waals surface area (Å²) in [6.45, 7) is 0.489. The molecule has 7 heteroatoms. The van der Waals surface area contributed by atoms with Gasteiger partial charge in [-0.2, -0.15) is 0 Å². The summed E-state index contributed by atoms with van der Waals surface area (Å²) in [5.74, 6) is 0.543. The fraction of sp³-hybridized carbons (Fsp3) is 0.154. The van der Waals surface area contributed by atoms with E-state index in [1.165, 1.54) is 12.5 Å². The average molecular weight is 312 g/mol. The predicted molar refractivity (Wildman–Crippen MR) is 80.5 cm³/mol. The zero-order valence-electron chi connectivity index (χ0n) is 10.8. The van der Waals surface area contributed by atoms with Crippen molar-refractivity contribution in [3.8, 4) is 0 Å². The van der Waals surface area contributed by atoms with E-state index in [0.717, 1.165) is 5.56 Å². The molecular weight excluding hydrogens is 298 g/mol. The number of aromatic nitrogens is 1. The van der Waals surface area contributed by atoms with Gasteiger partial charge in [0.1, 0.15) is 5.82 Å². The minimum Gasteiger partial charge on any atom is -0.396 e. The maximum Gasteiger partial charge on any atom is 0.175 e. The van der Waals surface area contributed by atoms with Crippen molar-refractivity contribution in [2.45, 2.75) is 11.4 Å². The number of benzene rings is 1. The molecule has 106 valence electrons. The van der Waals surface area contributed by atoms with Crippen molar-refractivity contribution in [3.63, 3.8) is 0 Å². The van der Waals surface area contributed by atoms with E-state index in [1.807, 2.05) is 0 Å². The second-order valence-corrected chi connectivity index (χ2v) is 6.81. The number of sulfone groups is 1. The van der Waals surface area contributed by atoms with Crippen LogP contribution in [0.25, 0.3) is 0 Å². The molecule has 1 aromatic heterocycles. The van der Waals surface area contributed by atoms with Gasteiger partial charge in [-0.25, -0.2) is 13.4 Å². The van der Waals surface area contributed by atoms with Gasteiger partial charge in [0.2, 0.25) is 0 Å². The van der Waals surface area contributed by atoms with Crippen LogP contribution >= 0.6 is 11.6 Å². The second kappa shape index (κ2) is 5.68. The first-order valence-corrected chi connectivity index (χ1v) is 8.07. The highest BCUT2D eigenvalue weighted by molar-refractivity contribution is 7.90. The Bertz CT molecular complexity index is 715. The lowest BCUT2D eigenvalue weighted by Gasteiger charge is -2.09. The molecule has 0 aliphatic heterocycles. The molecule has 0 atom stereocenters. The van der Waals surface area contributed by atoms with Crippen molar-refractivity contribution in [2.75, 3.05) is 17.3 Å². The highest BCUT2D eigenvalue weighted by Gasteiger charge is 2.06. The highest BCUT2D eigenvalue weighted by atomic mass is 35.5. The Morgan fingerprint density at radius 3 is 2.50 bits per heavy atom. The van der Waals surface area contributed by atoms with Gasteiger partial charge in [-0.3, -0.25) is 0 Å². The van der Waals surface area contributed by atoms with Gasteiger partial charge in [-0.05, 0) is 23.8 Å². The quantitative estimate of drug-likeness (QED) is 0.905. The number of hydrogen-bond acceptors (Lipinski definition) is 5. The minimum atomic E-state index is -3.17. The smallest absolute Gasteiger partial charge is 0.175 e. The van der Waals surface area contributed by atoms with Gasteiger partial charge in [0.25, 0.3) is 0 Å². The lowest BCUT2D eigenvalue weighted by molar-refractivity contribution is 0.602. The fourth-order valence-corrected chi connectivity index (χ4v) is 2.44. The van der Waals surface area contributed by atoms with Crippen molar-refractivity contribution in [1.29, 1.82) is 0 Å². The van der Waals surface area contributed by atoms with Gasteiger partial charge in [0.05, 0.1) is 15.6 Å². The summed E-state index contributed by atoms with van der Waals surface area (Å²) in [5.41, 5.74) is 7.17. The van der Waals surface area contributed by atoms with Crippen LogP contribution in [0.2, 0.25) is 5.02 Å². The molecule has 1 heterocycles. The summed E-state index contributed by atoms with van der Waals surface area (Å²) in [7, 11) is -3.17. The summed E-state index contributed by atoms with van der Waals surface area (Å²) in [6, 6.07) is 8.25. The summed E-state index contributed by atoms with van der Waals surface area (Å²) in [5, 5.41) is 3.55. The average Bonchev–Trinajstić information content (AvgIpc) is 2.37. The lowest BCUT2D eigenvalue weighted by atomic mass is 10.2. The molecular formula is C13H14ClN3O2S. The molecule has 0 spiro atoms. The molecule has 0 fully saturated rings. The van der Waals surface area contributed by atoms with Crippen LogP contribution < -0.4 is 11.1 Å². The van der Waals surface area contributed by atoms with Crippen molar-refractivity contribution in [2.24, 2.45) is 0 Å². The maximum atomic E-state index is 11.3. The van der Waals surface area contributed by atoms with E-state index in [2.05, 4.69) is 10.3 Å². The van der Waals surface area contributed by atoms with Crippen molar-refractivity contribution >= 4 is 32.9 Å². The minimum absolute atomic E-state index is 0.297. The van der Waals surface area contributed by atoms with Crippen LogP contribution in [0.1, 0.15) is 5.56 Å². The molecule has 2 rings (SSSR count). The Kier molecular flexibility index (Phi) is 4.15. The summed E-state index contributed by atoms with van der Waals surface area (Å²) in [4.78, 5) is 4.38. The van der Waals surface area contributed by atoms with Crippen molar-refractivity contribution in [3.05, 3.63) is 47.1 Å². The number of nitrogens with zero attached hydrogens (tertiary/aromatic N) is 1. The number of rotatable bonds is 4. The SMILES string of the molecule is CS(=O)(=O)c1ccc(CNc2ncc(Cl)cc2N)cc1. The largest absolute Gasteiger partial charge is 0.396 e. The number of hydrogen-bond donors (Lipinski definition) is 2. The standard InChI is InChI=1S/C13H14ClN3O2S/c1-20(18,19)11-4-2-9(3-5-11)7-16-13-12(15)6-10(14)8-17-13/h2-6,8H,7,15H2,1H3,(H,16,17). The zero-order valence-corrected chi connectivity index (χ0v) is 12.4. The topological polar surface area (TPSA) is 85.1 Å². The number of halogens is 1. The summed E-state index contributed by atoms with van der Waals surface area (Å²) < 4.78 is 22.7. The molecule has 0 radical (unpaired) electrons.